The van der Waals surface area contributed by atoms with Crippen LogP contribution in [0.15, 0.2) is 11.6 Å². The molecule has 230 valence electrons. The van der Waals surface area contributed by atoms with Crippen LogP contribution in [0.2, 0.25) is 0 Å². The van der Waals surface area contributed by atoms with Gasteiger partial charge in [-0.1, -0.05) is 60.1 Å². The van der Waals surface area contributed by atoms with Gasteiger partial charge < -0.3 is 24.8 Å². The SMILES string of the molecule is CC1(C)CC[C@]2(C(O)[C@@H]3OC4O[C@@H]4[C@H](O)C3O)CC[C@]3(C)C(=CCC4[C@@]5(C)CCC(=O)C(C)(C)C5CC[C@]43C)C2C1. The highest BCUT2D eigenvalue weighted by atomic mass is 16.8. The molecule has 6 fully saturated rings. The van der Waals surface area contributed by atoms with Gasteiger partial charge in [-0.3, -0.25) is 4.79 Å². The first-order valence-corrected chi connectivity index (χ1v) is 16.6. The number of rotatable bonds is 2. The number of carbonyl (C=O) groups excluding carboxylic acids is 1. The zero-order chi connectivity index (χ0) is 29.5. The van der Waals surface area contributed by atoms with Gasteiger partial charge in [0.2, 0.25) is 0 Å². The van der Waals surface area contributed by atoms with E-state index in [0.717, 1.165) is 57.8 Å². The Kier molecular flexibility index (Phi) is 6.13. The maximum atomic E-state index is 13.1. The second kappa shape index (κ2) is 8.68. The number of fused-ring (bicyclic) bond motifs is 8. The van der Waals surface area contributed by atoms with E-state index < -0.39 is 42.2 Å². The van der Waals surface area contributed by atoms with Crippen molar-refractivity contribution in [2.75, 3.05) is 0 Å². The van der Waals surface area contributed by atoms with Gasteiger partial charge in [0, 0.05) is 17.3 Å². The number of hydrogen-bond donors (Lipinski definition) is 3. The molecule has 3 N–H and O–H groups in total. The molecule has 2 aliphatic heterocycles. The van der Waals surface area contributed by atoms with Crippen molar-refractivity contribution < 1.29 is 29.6 Å². The van der Waals surface area contributed by atoms with Crippen LogP contribution in [-0.4, -0.2) is 57.9 Å². The summed E-state index contributed by atoms with van der Waals surface area (Å²) in [6.45, 7) is 16.8. The van der Waals surface area contributed by atoms with Crippen LogP contribution < -0.4 is 0 Å². The predicted octanol–water partition coefficient (Wildman–Crippen LogP) is 5.56. The van der Waals surface area contributed by atoms with Crippen LogP contribution in [0.5, 0.6) is 0 Å². The van der Waals surface area contributed by atoms with E-state index >= 15 is 0 Å². The summed E-state index contributed by atoms with van der Waals surface area (Å²) in [6.07, 6.45) is 7.55. The van der Waals surface area contributed by atoms with E-state index in [9.17, 15) is 20.1 Å². The lowest BCUT2D eigenvalue weighted by molar-refractivity contribution is -0.225. The summed E-state index contributed by atoms with van der Waals surface area (Å²) in [4.78, 5) is 13.1. The predicted molar refractivity (Wildman–Crippen MR) is 156 cm³/mol. The molecule has 2 saturated heterocycles. The first-order chi connectivity index (χ1) is 19.0. The van der Waals surface area contributed by atoms with Crippen molar-refractivity contribution in [1.82, 2.24) is 0 Å². The van der Waals surface area contributed by atoms with Gasteiger partial charge in [-0.25, -0.2) is 0 Å². The third kappa shape index (κ3) is 3.63. The van der Waals surface area contributed by atoms with Crippen molar-refractivity contribution >= 4 is 5.78 Å². The number of aliphatic hydroxyl groups is 3. The van der Waals surface area contributed by atoms with Gasteiger partial charge >= 0.3 is 0 Å². The Balaban J connectivity index is 1.28. The Bertz CT molecular complexity index is 1160. The summed E-state index contributed by atoms with van der Waals surface area (Å²) >= 11 is 0. The van der Waals surface area contributed by atoms with Crippen LogP contribution in [-0.2, 0) is 14.3 Å². The highest BCUT2D eigenvalue weighted by Gasteiger charge is 2.70. The molecule has 13 atom stereocenters. The number of epoxide rings is 1. The summed E-state index contributed by atoms with van der Waals surface area (Å²) in [5.41, 5.74) is 1.35. The molecule has 2 heterocycles. The molecule has 41 heavy (non-hydrogen) atoms. The molecule has 5 aliphatic carbocycles. The Morgan fingerprint density at radius 2 is 1.59 bits per heavy atom. The average molecular weight is 571 g/mol. The molecule has 0 aromatic heterocycles. The van der Waals surface area contributed by atoms with Crippen molar-refractivity contribution in [2.24, 2.45) is 50.2 Å². The zero-order valence-electron chi connectivity index (χ0n) is 26.4. The number of aliphatic hydroxyl groups excluding tert-OH is 3. The molecule has 4 saturated carbocycles. The van der Waals surface area contributed by atoms with Crippen LogP contribution in [0.4, 0.5) is 0 Å². The fourth-order valence-corrected chi connectivity index (χ4v) is 12.3. The molecule has 0 aromatic carbocycles. The fourth-order valence-electron chi connectivity index (χ4n) is 12.3. The van der Waals surface area contributed by atoms with Gasteiger partial charge in [0.1, 0.15) is 30.2 Å². The van der Waals surface area contributed by atoms with Gasteiger partial charge in [-0.2, -0.15) is 0 Å². The van der Waals surface area contributed by atoms with Crippen LogP contribution in [0, 0.1) is 50.2 Å². The lowest BCUT2D eigenvalue weighted by atomic mass is 9.33. The summed E-state index contributed by atoms with van der Waals surface area (Å²) in [5.74, 6) is 1.61. The molecule has 6 heteroatoms. The molecule has 0 spiro atoms. The molecule has 0 aromatic rings. The van der Waals surface area contributed by atoms with Crippen molar-refractivity contribution in [1.29, 1.82) is 0 Å². The molecule has 0 amide bonds. The van der Waals surface area contributed by atoms with Crippen LogP contribution >= 0.6 is 0 Å². The smallest absolute Gasteiger partial charge is 0.187 e. The first kappa shape index (κ1) is 29.0. The van der Waals surface area contributed by atoms with E-state index in [1.807, 2.05) is 0 Å². The van der Waals surface area contributed by atoms with E-state index in [2.05, 4.69) is 54.5 Å². The Labute approximate surface area is 246 Å². The molecule has 0 bridgehead atoms. The Hall–Kier alpha value is -0.790. The topological polar surface area (TPSA) is 99.5 Å². The lowest BCUT2D eigenvalue weighted by Gasteiger charge is -2.71. The van der Waals surface area contributed by atoms with Crippen molar-refractivity contribution in [3.8, 4) is 0 Å². The highest BCUT2D eigenvalue weighted by Crippen LogP contribution is 2.76. The summed E-state index contributed by atoms with van der Waals surface area (Å²) in [6, 6.07) is 0. The van der Waals surface area contributed by atoms with Crippen LogP contribution in [0.1, 0.15) is 113 Å². The first-order valence-electron chi connectivity index (χ1n) is 16.6. The van der Waals surface area contributed by atoms with Gasteiger partial charge in [-0.05, 0) is 97.2 Å². The van der Waals surface area contributed by atoms with E-state index in [1.54, 1.807) is 0 Å². The van der Waals surface area contributed by atoms with Crippen molar-refractivity contribution in [3.05, 3.63) is 11.6 Å². The standard InChI is InChI=1S/C35H54O6/c1-30(2)14-16-35(28(39)26-24(37)25(38)27-29(40-26)41-27)17-15-33(6)19(20(35)18-30)8-9-22-32(5)12-11-23(36)31(3,4)21(32)10-13-34(22,33)7/h8,20-22,24-29,37-39H,9-18H2,1-7H3/t20?,21?,22?,24?,25-,26-,27-,28?,29?,32+,33-,34-,35+/m1/s1. The largest absolute Gasteiger partial charge is 0.390 e. The van der Waals surface area contributed by atoms with Crippen molar-refractivity contribution in [2.45, 2.75) is 149 Å². The third-order valence-corrected chi connectivity index (χ3v) is 15.1. The van der Waals surface area contributed by atoms with Gasteiger partial charge in [0.05, 0.1) is 6.10 Å². The number of carbonyl (C=O) groups is 1. The normalized spacial score (nSPS) is 55.8. The quantitative estimate of drug-likeness (QED) is 0.297. The lowest BCUT2D eigenvalue weighted by Crippen LogP contribution is -2.66. The zero-order valence-corrected chi connectivity index (χ0v) is 26.4. The third-order valence-electron chi connectivity index (χ3n) is 15.1. The van der Waals surface area contributed by atoms with Gasteiger partial charge in [0.25, 0.3) is 0 Å². The molecular weight excluding hydrogens is 516 g/mol. The number of ether oxygens (including phenoxy) is 2. The second-order valence-electron chi connectivity index (χ2n) is 17.6. The summed E-state index contributed by atoms with van der Waals surface area (Å²) < 4.78 is 11.6. The molecule has 6 unspecified atom stereocenters. The minimum atomic E-state index is -1.15. The Morgan fingerprint density at radius 3 is 2.32 bits per heavy atom. The minimum Gasteiger partial charge on any atom is -0.390 e. The minimum absolute atomic E-state index is 0.0209. The van der Waals surface area contributed by atoms with E-state index in [4.69, 9.17) is 9.47 Å². The van der Waals surface area contributed by atoms with Crippen LogP contribution in [0.25, 0.3) is 0 Å². The monoisotopic (exact) mass is 570 g/mol. The van der Waals surface area contributed by atoms with Gasteiger partial charge in [0.15, 0.2) is 6.29 Å². The number of hydrogen-bond acceptors (Lipinski definition) is 6. The summed E-state index contributed by atoms with van der Waals surface area (Å²) in [5, 5.41) is 33.9. The highest BCUT2D eigenvalue weighted by molar-refractivity contribution is 5.85. The number of ketones is 1. The van der Waals surface area contributed by atoms with E-state index in [-0.39, 0.29) is 33.0 Å². The molecular formula is C35H54O6. The van der Waals surface area contributed by atoms with Crippen LogP contribution in [0.3, 0.4) is 0 Å². The number of allylic oxidation sites excluding steroid dienone is 2. The molecule has 7 aliphatic rings. The van der Waals surface area contributed by atoms with Gasteiger partial charge in [-0.15, -0.1) is 0 Å². The van der Waals surface area contributed by atoms with E-state index in [0.29, 0.717) is 24.0 Å². The van der Waals surface area contributed by atoms with Crippen molar-refractivity contribution in [3.63, 3.8) is 0 Å². The molecule has 6 nitrogen and oxygen atoms in total. The summed E-state index contributed by atoms with van der Waals surface area (Å²) in [7, 11) is 0. The second-order valence-corrected chi connectivity index (χ2v) is 17.6. The number of Topliss-reactive ketones (excluding diaryl/α,β-unsaturated/α-hetero) is 1. The molecule has 0 radical (unpaired) electrons. The fraction of sp³-hybridized carbons (Fsp3) is 0.914. The maximum Gasteiger partial charge on any atom is 0.187 e. The maximum absolute atomic E-state index is 13.1. The Morgan fingerprint density at radius 1 is 0.878 bits per heavy atom. The molecule has 7 rings (SSSR count). The average Bonchev–Trinajstić information content (AvgIpc) is 3.68. The van der Waals surface area contributed by atoms with E-state index in [1.165, 1.54) is 5.57 Å².